The van der Waals surface area contributed by atoms with Gasteiger partial charge in [0.05, 0.1) is 12.9 Å². The summed E-state index contributed by atoms with van der Waals surface area (Å²) in [6, 6.07) is 4.29. The molecule has 1 saturated carbocycles. The van der Waals surface area contributed by atoms with Crippen LogP contribution < -0.4 is 14.2 Å². The van der Waals surface area contributed by atoms with Gasteiger partial charge in [-0.2, -0.15) is 13.5 Å². The standard InChI is InChI=1S/C23H21Cl2F2N3O5/c1-29-10-18(28-12-29)22(31)34-20(7-15-16(24)8-30(32)9-17(15)25)14-4-5-19(35-23(26)27)21(6-14)33-11-13-2-3-13/h4-6,8-10,12-13,20,23H,2-3,7,11H2,1H3. The fourth-order valence-electron chi connectivity index (χ4n) is 3.37. The SMILES string of the molecule is Cn1cnc(C(=O)OC(Cc2c(Cl)c[n+]([O-])cc2Cl)c2ccc(OC(F)F)c(OCC3CC3)c2)c1. The van der Waals surface area contributed by atoms with Crippen LogP contribution in [0.2, 0.25) is 10.0 Å². The molecule has 1 aromatic carbocycles. The molecule has 8 nitrogen and oxygen atoms in total. The number of ether oxygens (including phenoxy) is 3. The summed E-state index contributed by atoms with van der Waals surface area (Å²) in [5.74, 6) is -0.402. The van der Waals surface area contributed by atoms with E-state index in [9.17, 15) is 18.8 Å². The lowest BCUT2D eigenvalue weighted by atomic mass is 10.0. The molecule has 1 aliphatic carbocycles. The van der Waals surface area contributed by atoms with Gasteiger partial charge in [0.15, 0.2) is 29.6 Å². The lowest BCUT2D eigenvalue weighted by Gasteiger charge is -2.21. The molecule has 0 radical (unpaired) electrons. The molecule has 4 rings (SSSR count). The van der Waals surface area contributed by atoms with Gasteiger partial charge in [0.2, 0.25) is 0 Å². The normalized spacial score (nSPS) is 14.1. The highest BCUT2D eigenvalue weighted by Crippen LogP contribution is 2.38. The van der Waals surface area contributed by atoms with E-state index >= 15 is 0 Å². The van der Waals surface area contributed by atoms with E-state index in [0.717, 1.165) is 25.2 Å². The number of carbonyl (C=O) groups is 1. The second-order valence-corrected chi connectivity index (χ2v) is 8.97. The minimum absolute atomic E-state index is 0.00576. The molecule has 186 valence electrons. The van der Waals surface area contributed by atoms with Gasteiger partial charge < -0.3 is 24.0 Å². The molecule has 1 atom stereocenters. The number of hydrogen-bond donors (Lipinski definition) is 0. The van der Waals surface area contributed by atoms with Crippen molar-refractivity contribution in [3.05, 3.63) is 75.2 Å². The highest BCUT2D eigenvalue weighted by molar-refractivity contribution is 6.35. The number of aryl methyl sites for hydroxylation is 1. The van der Waals surface area contributed by atoms with Gasteiger partial charge in [-0.05, 0) is 36.5 Å². The molecule has 0 spiro atoms. The molecular formula is C23H21Cl2F2N3O5. The van der Waals surface area contributed by atoms with Crippen molar-refractivity contribution >= 4 is 29.2 Å². The number of esters is 1. The Morgan fingerprint density at radius 3 is 2.57 bits per heavy atom. The smallest absolute Gasteiger partial charge is 0.387 e. The largest absolute Gasteiger partial charge is 0.619 e. The van der Waals surface area contributed by atoms with Crippen LogP contribution in [-0.4, -0.2) is 28.7 Å². The summed E-state index contributed by atoms with van der Waals surface area (Å²) in [5, 5.41) is 11.8. The van der Waals surface area contributed by atoms with Gasteiger partial charge >= 0.3 is 12.6 Å². The van der Waals surface area contributed by atoms with Crippen LogP contribution in [0.25, 0.3) is 0 Å². The monoisotopic (exact) mass is 527 g/mol. The van der Waals surface area contributed by atoms with Gasteiger partial charge in [-0.15, -0.1) is 0 Å². The van der Waals surface area contributed by atoms with Crippen molar-refractivity contribution in [1.29, 1.82) is 0 Å². The minimum atomic E-state index is -3.04. The highest BCUT2D eigenvalue weighted by Gasteiger charge is 2.27. The van der Waals surface area contributed by atoms with Crippen molar-refractivity contribution in [2.45, 2.75) is 32.0 Å². The van der Waals surface area contributed by atoms with Crippen molar-refractivity contribution in [2.24, 2.45) is 13.0 Å². The molecule has 1 unspecified atom stereocenters. The van der Waals surface area contributed by atoms with Gasteiger partial charge in [0.1, 0.15) is 16.1 Å². The predicted octanol–water partition coefficient (Wildman–Crippen LogP) is 4.89. The average Bonchev–Trinajstić information content (AvgIpc) is 3.52. The Labute approximate surface area is 209 Å². The van der Waals surface area contributed by atoms with E-state index in [1.165, 1.54) is 30.7 Å². The van der Waals surface area contributed by atoms with Crippen molar-refractivity contribution in [1.82, 2.24) is 9.55 Å². The van der Waals surface area contributed by atoms with Gasteiger partial charge in [-0.1, -0.05) is 29.3 Å². The molecule has 0 bridgehead atoms. The van der Waals surface area contributed by atoms with E-state index in [2.05, 4.69) is 9.72 Å². The number of aromatic nitrogens is 3. The fraction of sp³-hybridized carbons (Fsp3) is 0.348. The number of halogens is 4. The average molecular weight is 528 g/mol. The zero-order valence-electron chi connectivity index (χ0n) is 18.5. The van der Waals surface area contributed by atoms with Crippen molar-refractivity contribution in [3.63, 3.8) is 0 Å². The molecule has 3 aromatic rings. The van der Waals surface area contributed by atoms with E-state index in [0.29, 0.717) is 28.4 Å². The Balaban J connectivity index is 1.68. The third kappa shape index (κ3) is 6.52. The van der Waals surface area contributed by atoms with Gasteiger partial charge in [-0.3, -0.25) is 0 Å². The van der Waals surface area contributed by atoms with Crippen LogP contribution in [0, 0.1) is 11.1 Å². The quantitative estimate of drug-likeness (QED) is 0.212. The maximum atomic E-state index is 12.9. The number of alkyl halides is 2. The number of nitrogens with zero attached hydrogens (tertiary/aromatic N) is 3. The topological polar surface area (TPSA) is 89.5 Å². The second kappa shape index (κ2) is 10.7. The van der Waals surface area contributed by atoms with Crippen LogP contribution in [0.3, 0.4) is 0 Å². The number of rotatable bonds is 10. The Hall–Kier alpha value is -3.11. The molecule has 1 aliphatic rings. The number of pyridine rings is 1. The zero-order chi connectivity index (χ0) is 25.1. The minimum Gasteiger partial charge on any atom is -0.619 e. The highest BCUT2D eigenvalue weighted by atomic mass is 35.5. The molecule has 1 fully saturated rings. The lowest BCUT2D eigenvalue weighted by molar-refractivity contribution is -0.605. The summed E-state index contributed by atoms with van der Waals surface area (Å²) in [5.41, 5.74) is 0.864. The predicted molar refractivity (Wildman–Crippen MR) is 122 cm³/mol. The third-order valence-corrected chi connectivity index (χ3v) is 5.99. The van der Waals surface area contributed by atoms with Crippen LogP contribution >= 0.6 is 23.2 Å². The van der Waals surface area contributed by atoms with E-state index in [1.54, 1.807) is 11.6 Å². The van der Waals surface area contributed by atoms with Crippen LogP contribution in [0.4, 0.5) is 8.78 Å². The first-order chi connectivity index (χ1) is 16.7. The molecule has 0 saturated heterocycles. The Kier molecular flexibility index (Phi) is 7.61. The van der Waals surface area contributed by atoms with E-state index in [1.807, 2.05) is 0 Å². The van der Waals surface area contributed by atoms with Crippen molar-refractivity contribution in [3.8, 4) is 11.5 Å². The molecule has 0 amide bonds. The number of benzene rings is 1. The summed E-state index contributed by atoms with van der Waals surface area (Å²) in [6.07, 6.45) is 6.23. The maximum absolute atomic E-state index is 12.9. The Morgan fingerprint density at radius 2 is 1.97 bits per heavy atom. The molecule has 2 aromatic heterocycles. The summed E-state index contributed by atoms with van der Waals surface area (Å²) in [4.78, 5) is 16.8. The van der Waals surface area contributed by atoms with Crippen molar-refractivity contribution in [2.75, 3.05) is 6.61 Å². The molecule has 0 N–H and O–H groups in total. The molecular weight excluding hydrogens is 507 g/mol. The molecule has 2 heterocycles. The summed E-state index contributed by atoms with van der Waals surface area (Å²) in [7, 11) is 1.70. The molecule has 35 heavy (non-hydrogen) atoms. The van der Waals surface area contributed by atoms with E-state index in [4.69, 9.17) is 32.7 Å². The second-order valence-electron chi connectivity index (χ2n) is 8.15. The first kappa shape index (κ1) is 25.0. The van der Waals surface area contributed by atoms with E-state index < -0.39 is 18.7 Å². The van der Waals surface area contributed by atoms with Crippen LogP contribution in [0.15, 0.2) is 43.1 Å². The van der Waals surface area contributed by atoms with Gasteiger partial charge in [0.25, 0.3) is 0 Å². The fourth-order valence-corrected chi connectivity index (χ4v) is 3.97. The molecule has 12 heteroatoms. The summed E-state index contributed by atoms with van der Waals surface area (Å²) < 4.78 is 44.0. The number of carbonyl (C=O) groups excluding carboxylic acids is 1. The van der Waals surface area contributed by atoms with Crippen LogP contribution in [-0.2, 0) is 18.2 Å². The first-order valence-corrected chi connectivity index (χ1v) is 11.4. The molecule has 0 aliphatic heterocycles. The van der Waals surface area contributed by atoms with Crippen LogP contribution in [0.5, 0.6) is 11.5 Å². The van der Waals surface area contributed by atoms with Gasteiger partial charge in [-0.25, -0.2) is 9.78 Å². The number of imidazole rings is 1. The number of hydrogen-bond acceptors (Lipinski definition) is 6. The zero-order valence-corrected chi connectivity index (χ0v) is 20.0. The summed E-state index contributed by atoms with van der Waals surface area (Å²) >= 11 is 12.5. The van der Waals surface area contributed by atoms with Gasteiger partial charge in [0, 0.05) is 25.2 Å². The Bertz CT molecular complexity index is 1200. The first-order valence-electron chi connectivity index (χ1n) is 10.7. The van der Waals surface area contributed by atoms with Crippen LogP contribution in [0.1, 0.15) is 40.6 Å². The van der Waals surface area contributed by atoms with E-state index in [-0.39, 0.29) is 33.7 Å². The summed E-state index contributed by atoms with van der Waals surface area (Å²) in [6.45, 7) is -2.69. The van der Waals surface area contributed by atoms with Crippen molar-refractivity contribution < 1.29 is 32.5 Å². The lowest BCUT2D eigenvalue weighted by Crippen LogP contribution is -2.25. The Morgan fingerprint density at radius 1 is 1.26 bits per heavy atom. The third-order valence-electron chi connectivity index (χ3n) is 5.34. The maximum Gasteiger partial charge on any atom is 0.387 e.